The van der Waals surface area contributed by atoms with Gasteiger partial charge in [0.15, 0.2) is 0 Å². The molecular weight excluding hydrogens is 338 g/mol. The van der Waals surface area contributed by atoms with Gasteiger partial charge in [0.05, 0.1) is 6.61 Å². The Kier molecular flexibility index (Phi) is 6.60. The van der Waals surface area contributed by atoms with Gasteiger partial charge in [0.25, 0.3) is 0 Å². The van der Waals surface area contributed by atoms with Gasteiger partial charge in [0.1, 0.15) is 5.82 Å². The summed E-state index contributed by atoms with van der Waals surface area (Å²) < 4.78 is 4.89. The maximum atomic E-state index is 11.4. The predicted octanol–water partition coefficient (Wildman–Crippen LogP) is 3.37. The maximum Gasteiger partial charge on any atom is 0.330 e. The lowest BCUT2D eigenvalue weighted by molar-refractivity contribution is -0.137. The molecule has 1 aromatic carbocycles. The number of carbonyl (C=O) groups is 1. The molecule has 1 aliphatic heterocycles. The van der Waals surface area contributed by atoms with Gasteiger partial charge < -0.3 is 9.64 Å². The molecule has 0 spiro atoms. The fourth-order valence-corrected chi connectivity index (χ4v) is 3.36. The smallest absolute Gasteiger partial charge is 0.330 e. The van der Waals surface area contributed by atoms with E-state index < -0.39 is 0 Å². The lowest BCUT2D eigenvalue weighted by Crippen LogP contribution is -2.34. The number of hydrogen-bond donors (Lipinski definition) is 0. The Labute approximate surface area is 161 Å². The molecule has 0 saturated carbocycles. The van der Waals surface area contributed by atoms with E-state index in [1.165, 1.54) is 11.6 Å². The van der Waals surface area contributed by atoms with E-state index in [0.29, 0.717) is 12.6 Å². The first-order valence-electron chi connectivity index (χ1n) is 9.45. The molecule has 0 aliphatic carbocycles. The molecule has 1 fully saturated rings. The molecular formula is C22H27N3O2. The van der Waals surface area contributed by atoms with Crippen LogP contribution in [0, 0.1) is 0 Å². The largest absolute Gasteiger partial charge is 0.463 e. The van der Waals surface area contributed by atoms with Crippen molar-refractivity contribution in [2.75, 3.05) is 31.6 Å². The zero-order valence-corrected chi connectivity index (χ0v) is 16.0. The van der Waals surface area contributed by atoms with Crippen LogP contribution < -0.4 is 4.90 Å². The van der Waals surface area contributed by atoms with Crippen molar-refractivity contribution in [1.82, 2.24) is 9.88 Å². The summed E-state index contributed by atoms with van der Waals surface area (Å²) in [5, 5.41) is 0. The molecule has 27 heavy (non-hydrogen) atoms. The van der Waals surface area contributed by atoms with E-state index >= 15 is 0 Å². The summed E-state index contributed by atoms with van der Waals surface area (Å²) in [4.78, 5) is 20.7. The van der Waals surface area contributed by atoms with Crippen molar-refractivity contribution in [3.8, 4) is 0 Å². The van der Waals surface area contributed by atoms with Crippen LogP contribution in [-0.4, -0.2) is 48.6 Å². The molecule has 5 heteroatoms. The second-order valence-electron chi connectivity index (χ2n) is 6.81. The average molecular weight is 365 g/mol. The number of benzene rings is 1. The van der Waals surface area contributed by atoms with Gasteiger partial charge in [-0.1, -0.05) is 30.3 Å². The van der Waals surface area contributed by atoms with Crippen molar-refractivity contribution in [1.29, 1.82) is 0 Å². The minimum atomic E-state index is -0.330. The molecule has 0 N–H and O–H groups in total. The van der Waals surface area contributed by atoms with Crippen LogP contribution in [0.1, 0.15) is 24.5 Å². The standard InChI is InChI=1S/C22H27N3O2/c1-3-27-22(26)12-10-18-9-11-21(23-15-18)24(2)20-13-14-25(17-20)16-19-7-5-4-6-8-19/h4-12,15,20H,3,13-14,16-17H2,1-2H3. The van der Waals surface area contributed by atoms with Crippen LogP contribution in [0.15, 0.2) is 54.7 Å². The highest BCUT2D eigenvalue weighted by Gasteiger charge is 2.26. The Hall–Kier alpha value is -2.66. The van der Waals surface area contributed by atoms with Crippen LogP contribution in [0.4, 0.5) is 5.82 Å². The Morgan fingerprint density at radius 2 is 2.11 bits per heavy atom. The number of ether oxygens (including phenoxy) is 1. The Balaban J connectivity index is 1.55. The summed E-state index contributed by atoms with van der Waals surface area (Å²) in [7, 11) is 2.10. The minimum Gasteiger partial charge on any atom is -0.463 e. The molecule has 1 aliphatic rings. The number of anilines is 1. The lowest BCUT2D eigenvalue weighted by atomic mass is 10.2. The summed E-state index contributed by atoms with van der Waals surface area (Å²) in [6.07, 6.45) is 6.09. The molecule has 2 heterocycles. The number of rotatable bonds is 7. The van der Waals surface area contributed by atoms with Crippen molar-refractivity contribution < 1.29 is 9.53 Å². The van der Waals surface area contributed by atoms with Crippen LogP contribution in [0.2, 0.25) is 0 Å². The molecule has 2 aromatic rings. The van der Waals surface area contributed by atoms with Gasteiger partial charge in [-0.2, -0.15) is 0 Å². The fourth-order valence-electron chi connectivity index (χ4n) is 3.36. The number of nitrogens with zero attached hydrogens (tertiary/aromatic N) is 3. The maximum absolute atomic E-state index is 11.4. The van der Waals surface area contributed by atoms with Crippen LogP contribution in [-0.2, 0) is 16.1 Å². The third-order valence-corrected chi connectivity index (χ3v) is 4.87. The quantitative estimate of drug-likeness (QED) is 0.556. The third kappa shape index (κ3) is 5.41. The SMILES string of the molecule is CCOC(=O)C=Cc1ccc(N(C)C2CCN(Cc3ccccc3)C2)nc1. The lowest BCUT2D eigenvalue weighted by Gasteiger charge is -2.26. The van der Waals surface area contributed by atoms with E-state index in [-0.39, 0.29) is 5.97 Å². The molecule has 0 radical (unpaired) electrons. The zero-order valence-electron chi connectivity index (χ0n) is 16.0. The van der Waals surface area contributed by atoms with Crippen LogP contribution in [0.25, 0.3) is 6.08 Å². The first-order chi connectivity index (χ1) is 13.2. The molecule has 1 atom stereocenters. The van der Waals surface area contributed by atoms with Crippen molar-refractivity contribution in [3.63, 3.8) is 0 Å². The van der Waals surface area contributed by atoms with Crippen molar-refractivity contribution in [2.45, 2.75) is 25.9 Å². The van der Waals surface area contributed by atoms with Gasteiger partial charge in [0.2, 0.25) is 0 Å². The van der Waals surface area contributed by atoms with Gasteiger partial charge in [0, 0.05) is 45.0 Å². The molecule has 0 bridgehead atoms. The number of likely N-dealkylation sites (N-methyl/N-ethyl adjacent to an activating group) is 1. The highest BCUT2D eigenvalue weighted by molar-refractivity contribution is 5.86. The normalized spacial score (nSPS) is 17.3. The monoisotopic (exact) mass is 365 g/mol. The zero-order chi connectivity index (χ0) is 19.1. The molecule has 1 aromatic heterocycles. The summed E-state index contributed by atoms with van der Waals surface area (Å²) >= 11 is 0. The highest BCUT2D eigenvalue weighted by Crippen LogP contribution is 2.21. The Bertz CT molecular complexity index is 759. The summed E-state index contributed by atoms with van der Waals surface area (Å²) in [6.45, 7) is 5.31. The highest BCUT2D eigenvalue weighted by atomic mass is 16.5. The van der Waals surface area contributed by atoms with Crippen LogP contribution >= 0.6 is 0 Å². The first-order valence-corrected chi connectivity index (χ1v) is 9.45. The van der Waals surface area contributed by atoms with Gasteiger partial charge in [-0.25, -0.2) is 9.78 Å². The van der Waals surface area contributed by atoms with Gasteiger partial charge >= 0.3 is 5.97 Å². The number of esters is 1. The van der Waals surface area contributed by atoms with E-state index in [0.717, 1.165) is 37.4 Å². The third-order valence-electron chi connectivity index (χ3n) is 4.87. The van der Waals surface area contributed by atoms with Crippen molar-refractivity contribution in [2.24, 2.45) is 0 Å². The second kappa shape index (κ2) is 9.33. The summed E-state index contributed by atoms with van der Waals surface area (Å²) in [5.74, 6) is 0.623. The van der Waals surface area contributed by atoms with Gasteiger partial charge in [-0.05, 0) is 42.7 Å². The number of likely N-dealkylation sites (tertiary alicyclic amines) is 1. The second-order valence-corrected chi connectivity index (χ2v) is 6.81. The summed E-state index contributed by atoms with van der Waals surface area (Å²) in [6, 6.07) is 15.1. The fraction of sp³-hybridized carbons (Fsp3) is 0.364. The van der Waals surface area contributed by atoms with E-state index in [1.54, 1.807) is 19.2 Å². The average Bonchev–Trinajstić information content (AvgIpc) is 3.16. The predicted molar refractivity (Wildman–Crippen MR) is 108 cm³/mol. The number of hydrogen-bond acceptors (Lipinski definition) is 5. The van der Waals surface area contributed by atoms with Crippen molar-refractivity contribution >= 4 is 17.9 Å². The molecule has 142 valence electrons. The molecule has 1 unspecified atom stereocenters. The molecule has 0 amide bonds. The van der Waals surface area contributed by atoms with Crippen molar-refractivity contribution in [3.05, 3.63) is 65.9 Å². The summed E-state index contributed by atoms with van der Waals surface area (Å²) in [5.41, 5.74) is 2.24. The van der Waals surface area contributed by atoms with Crippen LogP contribution in [0.5, 0.6) is 0 Å². The topological polar surface area (TPSA) is 45.7 Å². The Morgan fingerprint density at radius 1 is 1.30 bits per heavy atom. The van der Waals surface area contributed by atoms with Gasteiger partial charge in [-0.15, -0.1) is 0 Å². The molecule has 3 rings (SSSR count). The van der Waals surface area contributed by atoms with Gasteiger partial charge in [-0.3, -0.25) is 4.90 Å². The van der Waals surface area contributed by atoms with E-state index in [1.807, 2.05) is 12.1 Å². The minimum absolute atomic E-state index is 0.330. The van der Waals surface area contributed by atoms with E-state index in [2.05, 4.69) is 52.2 Å². The number of carbonyl (C=O) groups excluding carboxylic acids is 1. The van der Waals surface area contributed by atoms with E-state index in [4.69, 9.17) is 4.74 Å². The Morgan fingerprint density at radius 3 is 2.81 bits per heavy atom. The van der Waals surface area contributed by atoms with E-state index in [9.17, 15) is 4.79 Å². The molecule has 5 nitrogen and oxygen atoms in total. The number of pyridine rings is 1. The number of aromatic nitrogens is 1. The van der Waals surface area contributed by atoms with Crippen LogP contribution in [0.3, 0.4) is 0 Å². The first kappa shape index (κ1) is 19.1. The molecule has 1 saturated heterocycles.